The molecule has 0 aliphatic rings. The average molecular weight is 300 g/mol. The van der Waals surface area contributed by atoms with E-state index in [-0.39, 0.29) is 24.6 Å². The third kappa shape index (κ3) is 4.38. The lowest BCUT2D eigenvalue weighted by molar-refractivity contribution is -0.143. The Morgan fingerprint density at radius 2 is 1.35 bits per heavy atom. The molecule has 0 aromatic heterocycles. The minimum Gasteiger partial charge on any atom is -0.330 e. The van der Waals surface area contributed by atoms with Crippen LogP contribution < -0.4 is 11.5 Å². The zero-order chi connectivity index (χ0) is 15.6. The lowest BCUT2D eigenvalue weighted by Gasteiger charge is -2.17. The average Bonchev–Trinajstić information content (AvgIpc) is 2.33. The molecule has 1 aromatic rings. The van der Waals surface area contributed by atoms with E-state index in [9.17, 15) is 26.3 Å². The summed E-state index contributed by atoms with van der Waals surface area (Å²) < 4.78 is 75.7. The van der Waals surface area contributed by atoms with Crippen LogP contribution in [0.3, 0.4) is 0 Å². The van der Waals surface area contributed by atoms with Gasteiger partial charge in [0.1, 0.15) is 0 Å². The maximum absolute atomic E-state index is 12.6. The molecule has 2 nitrogen and oxygen atoms in total. The molecule has 0 saturated heterocycles. The largest absolute Gasteiger partial charge is 0.416 e. The van der Waals surface area contributed by atoms with Crippen molar-refractivity contribution < 1.29 is 26.3 Å². The Bertz CT molecular complexity index is 420. The molecule has 4 N–H and O–H groups in total. The number of alkyl halides is 6. The van der Waals surface area contributed by atoms with Crippen LogP contribution in [0.4, 0.5) is 26.3 Å². The van der Waals surface area contributed by atoms with Crippen LogP contribution in [0.1, 0.15) is 35.6 Å². The zero-order valence-electron chi connectivity index (χ0n) is 10.4. The van der Waals surface area contributed by atoms with Crippen molar-refractivity contribution in [3.8, 4) is 0 Å². The summed E-state index contributed by atoms with van der Waals surface area (Å²) in [6.45, 7) is 0.263. The van der Waals surface area contributed by atoms with E-state index in [0.29, 0.717) is 18.6 Å². The first kappa shape index (κ1) is 16.8. The van der Waals surface area contributed by atoms with Crippen LogP contribution in [0.15, 0.2) is 18.2 Å². The van der Waals surface area contributed by atoms with Crippen LogP contribution >= 0.6 is 0 Å². The van der Waals surface area contributed by atoms with Gasteiger partial charge in [-0.15, -0.1) is 0 Å². The Morgan fingerprint density at radius 1 is 0.900 bits per heavy atom. The summed E-state index contributed by atoms with van der Waals surface area (Å²) in [5.41, 5.74) is 7.95. The molecule has 114 valence electrons. The van der Waals surface area contributed by atoms with E-state index in [1.54, 1.807) is 0 Å². The van der Waals surface area contributed by atoms with Gasteiger partial charge < -0.3 is 11.5 Å². The summed E-state index contributed by atoms with van der Waals surface area (Å²) in [6, 6.07) is 0.466. The second kappa shape index (κ2) is 6.01. The highest BCUT2D eigenvalue weighted by molar-refractivity contribution is 5.35. The number of hydrogen-bond donors (Lipinski definition) is 2. The minimum absolute atomic E-state index is 0.0825. The first-order chi connectivity index (χ1) is 9.05. The van der Waals surface area contributed by atoms with E-state index in [0.717, 1.165) is 0 Å². The van der Waals surface area contributed by atoms with Gasteiger partial charge in [0.2, 0.25) is 0 Å². The Hall–Kier alpha value is -1.28. The van der Waals surface area contributed by atoms with E-state index in [1.807, 2.05) is 0 Å². The van der Waals surface area contributed by atoms with Gasteiger partial charge in [-0.2, -0.15) is 26.3 Å². The van der Waals surface area contributed by atoms with E-state index < -0.39 is 29.5 Å². The second-order valence-electron chi connectivity index (χ2n) is 4.38. The zero-order valence-corrected chi connectivity index (χ0v) is 10.4. The fraction of sp³-hybridized carbons (Fsp3) is 0.500. The second-order valence-corrected chi connectivity index (χ2v) is 4.38. The standard InChI is InChI=1S/C12H14F6N2/c13-11(14,15)8-4-7(10(20)2-1-3-19)5-9(6-8)12(16,17)18/h4-6,10H,1-3,19-20H2/t10-/m1/s1. The third-order valence-electron chi connectivity index (χ3n) is 2.76. The monoisotopic (exact) mass is 300 g/mol. The summed E-state index contributed by atoms with van der Waals surface area (Å²) in [5.74, 6) is 0. The van der Waals surface area contributed by atoms with Gasteiger partial charge in [-0.25, -0.2) is 0 Å². The topological polar surface area (TPSA) is 52.0 Å². The van der Waals surface area contributed by atoms with Crippen molar-refractivity contribution in [3.63, 3.8) is 0 Å². The van der Waals surface area contributed by atoms with Crippen molar-refractivity contribution in [2.45, 2.75) is 31.2 Å². The van der Waals surface area contributed by atoms with Crippen molar-refractivity contribution in [3.05, 3.63) is 34.9 Å². The molecule has 1 atom stereocenters. The maximum atomic E-state index is 12.6. The molecule has 0 amide bonds. The van der Waals surface area contributed by atoms with Crippen LogP contribution in [0, 0.1) is 0 Å². The molecular weight excluding hydrogens is 286 g/mol. The smallest absolute Gasteiger partial charge is 0.330 e. The Labute approximate surface area is 111 Å². The van der Waals surface area contributed by atoms with Crippen LogP contribution in [-0.4, -0.2) is 6.54 Å². The number of benzene rings is 1. The molecule has 8 heteroatoms. The van der Waals surface area contributed by atoms with E-state index >= 15 is 0 Å². The fourth-order valence-electron chi connectivity index (χ4n) is 1.70. The first-order valence-corrected chi connectivity index (χ1v) is 5.80. The molecule has 0 spiro atoms. The summed E-state index contributed by atoms with van der Waals surface area (Å²) in [6.07, 6.45) is -9.08. The van der Waals surface area contributed by atoms with Crippen LogP contribution in [0.2, 0.25) is 0 Å². The van der Waals surface area contributed by atoms with Crippen molar-refractivity contribution in [1.82, 2.24) is 0 Å². The van der Waals surface area contributed by atoms with Gasteiger partial charge in [0.25, 0.3) is 0 Å². The molecule has 0 radical (unpaired) electrons. The number of hydrogen-bond acceptors (Lipinski definition) is 2. The third-order valence-corrected chi connectivity index (χ3v) is 2.76. The minimum atomic E-state index is -4.86. The van der Waals surface area contributed by atoms with Crippen LogP contribution in [0.5, 0.6) is 0 Å². The van der Waals surface area contributed by atoms with Gasteiger partial charge in [0.05, 0.1) is 11.1 Å². The molecule has 0 aliphatic heterocycles. The van der Waals surface area contributed by atoms with Crippen molar-refractivity contribution in [1.29, 1.82) is 0 Å². The predicted molar refractivity (Wildman–Crippen MR) is 61.7 cm³/mol. The van der Waals surface area contributed by atoms with E-state index in [2.05, 4.69) is 0 Å². The van der Waals surface area contributed by atoms with Crippen molar-refractivity contribution >= 4 is 0 Å². The van der Waals surface area contributed by atoms with Gasteiger partial charge >= 0.3 is 12.4 Å². The molecule has 0 fully saturated rings. The molecule has 1 aromatic carbocycles. The fourth-order valence-corrected chi connectivity index (χ4v) is 1.70. The molecule has 1 rings (SSSR count). The van der Waals surface area contributed by atoms with Crippen LogP contribution in [0.25, 0.3) is 0 Å². The summed E-state index contributed by atoms with van der Waals surface area (Å²) in [5, 5.41) is 0. The number of nitrogens with two attached hydrogens (primary N) is 2. The Balaban J connectivity index is 3.24. The van der Waals surface area contributed by atoms with Crippen molar-refractivity contribution in [2.75, 3.05) is 6.54 Å². The molecule has 20 heavy (non-hydrogen) atoms. The maximum Gasteiger partial charge on any atom is 0.416 e. The number of rotatable bonds is 4. The lowest BCUT2D eigenvalue weighted by atomic mass is 9.97. The van der Waals surface area contributed by atoms with Crippen molar-refractivity contribution in [2.24, 2.45) is 11.5 Å². The highest BCUT2D eigenvalue weighted by atomic mass is 19.4. The molecular formula is C12H14F6N2. The highest BCUT2D eigenvalue weighted by Gasteiger charge is 2.37. The Morgan fingerprint density at radius 3 is 1.70 bits per heavy atom. The Kier molecular flexibility index (Phi) is 5.04. The molecule has 0 saturated carbocycles. The quantitative estimate of drug-likeness (QED) is 0.837. The normalized spacial score (nSPS) is 14.4. The lowest BCUT2D eigenvalue weighted by Crippen LogP contribution is -2.17. The SMILES string of the molecule is NCCC[C@@H](N)c1cc(C(F)(F)F)cc(C(F)(F)F)c1. The molecule has 0 heterocycles. The van der Waals surface area contributed by atoms with E-state index in [1.165, 1.54) is 0 Å². The van der Waals surface area contributed by atoms with Gasteiger partial charge in [0, 0.05) is 6.04 Å². The van der Waals surface area contributed by atoms with Crippen LogP contribution in [-0.2, 0) is 12.4 Å². The van der Waals surface area contributed by atoms with E-state index in [4.69, 9.17) is 11.5 Å². The summed E-state index contributed by atoms with van der Waals surface area (Å²) >= 11 is 0. The highest BCUT2D eigenvalue weighted by Crippen LogP contribution is 2.37. The number of halogens is 6. The van der Waals surface area contributed by atoms with Gasteiger partial charge in [-0.3, -0.25) is 0 Å². The summed E-state index contributed by atoms with van der Waals surface area (Å²) in [7, 11) is 0. The van der Waals surface area contributed by atoms with Gasteiger partial charge in [-0.05, 0) is 43.1 Å². The molecule has 0 bridgehead atoms. The molecule has 0 aliphatic carbocycles. The first-order valence-electron chi connectivity index (χ1n) is 5.80. The summed E-state index contributed by atoms with van der Waals surface area (Å²) in [4.78, 5) is 0. The molecule has 0 unspecified atom stereocenters. The van der Waals surface area contributed by atoms with Gasteiger partial charge in [-0.1, -0.05) is 0 Å². The predicted octanol–water partition coefficient (Wildman–Crippen LogP) is 3.46. The van der Waals surface area contributed by atoms with Gasteiger partial charge in [0.15, 0.2) is 0 Å².